The molecule has 2 atom stereocenters. The van der Waals surface area contributed by atoms with Crippen LogP contribution in [0, 0.1) is 0 Å². The van der Waals surface area contributed by atoms with Crippen LogP contribution >= 0.6 is 0 Å². The van der Waals surface area contributed by atoms with Gasteiger partial charge in [0.1, 0.15) is 0 Å². The highest BCUT2D eigenvalue weighted by atomic mass is 15.2. The summed E-state index contributed by atoms with van der Waals surface area (Å²) in [5.74, 6) is 0. The fraction of sp³-hybridized carbons (Fsp3) is 1.00. The average molecular weight is 170 g/mol. The quantitative estimate of drug-likeness (QED) is 0.690. The molecule has 72 valence electrons. The number of nitrogens with zero attached hydrogens (tertiary/aromatic N) is 1. The summed E-state index contributed by atoms with van der Waals surface area (Å²) >= 11 is 0. The van der Waals surface area contributed by atoms with E-state index in [0.717, 1.165) is 18.6 Å². The Balaban J connectivity index is 2.47. The van der Waals surface area contributed by atoms with Gasteiger partial charge >= 0.3 is 0 Å². The Morgan fingerprint density at radius 3 is 2.75 bits per heavy atom. The van der Waals surface area contributed by atoms with Crippen molar-refractivity contribution in [2.45, 2.75) is 45.2 Å². The molecule has 1 aliphatic rings. The highest BCUT2D eigenvalue weighted by Crippen LogP contribution is 2.15. The number of hydrogen-bond donors (Lipinski definition) is 1. The lowest BCUT2D eigenvalue weighted by Gasteiger charge is -2.39. The molecule has 0 amide bonds. The van der Waals surface area contributed by atoms with E-state index in [1.165, 1.54) is 25.8 Å². The molecule has 0 radical (unpaired) electrons. The summed E-state index contributed by atoms with van der Waals surface area (Å²) < 4.78 is 0. The van der Waals surface area contributed by atoms with Crippen LogP contribution in [0.25, 0.3) is 0 Å². The third-order valence-electron chi connectivity index (χ3n) is 2.93. The maximum atomic E-state index is 3.59. The molecule has 1 fully saturated rings. The van der Waals surface area contributed by atoms with Crippen LogP contribution in [-0.4, -0.2) is 37.1 Å². The van der Waals surface area contributed by atoms with Crippen molar-refractivity contribution in [3.63, 3.8) is 0 Å². The average Bonchev–Trinajstić information content (AvgIpc) is 2.09. The van der Waals surface area contributed by atoms with E-state index in [2.05, 4.69) is 31.1 Å². The largest absolute Gasteiger partial charge is 0.311 e. The van der Waals surface area contributed by atoms with E-state index in [4.69, 9.17) is 0 Å². The van der Waals surface area contributed by atoms with Crippen molar-refractivity contribution in [3.8, 4) is 0 Å². The molecule has 12 heavy (non-hydrogen) atoms. The van der Waals surface area contributed by atoms with Gasteiger partial charge in [-0.1, -0.05) is 20.3 Å². The highest BCUT2D eigenvalue weighted by molar-refractivity contribution is 4.86. The summed E-state index contributed by atoms with van der Waals surface area (Å²) in [5, 5.41) is 3.59. The Bertz CT molecular complexity index is 125. The Labute approximate surface area is 76.3 Å². The van der Waals surface area contributed by atoms with E-state index >= 15 is 0 Å². The smallest absolute Gasteiger partial charge is 0.0246 e. The van der Waals surface area contributed by atoms with E-state index in [1.54, 1.807) is 0 Å². The van der Waals surface area contributed by atoms with E-state index in [1.807, 2.05) is 0 Å². The van der Waals surface area contributed by atoms with Crippen LogP contribution in [-0.2, 0) is 0 Å². The molecule has 1 saturated heterocycles. The minimum atomic E-state index is 0.726. The van der Waals surface area contributed by atoms with Gasteiger partial charge in [0.25, 0.3) is 0 Å². The van der Waals surface area contributed by atoms with Crippen LogP contribution in [0.5, 0.6) is 0 Å². The fourth-order valence-electron chi connectivity index (χ4n) is 2.17. The van der Waals surface area contributed by atoms with Crippen LogP contribution in [0.3, 0.4) is 0 Å². The Morgan fingerprint density at radius 2 is 2.17 bits per heavy atom. The molecule has 1 heterocycles. The van der Waals surface area contributed by atoms with Crippen molar-refractivity contribution in [3.05, 3.63) is 0 Å². The lowest BCUT2D eigenvalue weighted by atomic mass is 9.97. The first-order chi connectivity index (χ1) is 5.79. The topological polar surface area (TPSA) is 15.3 Å². The molecule has 1 N–H and O–H groups in total. The van der Waals surface area contributed by atoms with Gasteiger partial charge in [-0.25, -0.2) is 0 Å². The third-order valence-corrected chi connectivity index (χ3v) is 2.93. The maximum Gasteiger partial charge on any atom is 0.0246 e. The molecule has 0 aromatic rings. The maximum absolute atomic E-state index is 3.59. The van der Waals surface area contributed by atoms with Crippen molar-refractivity contribution in [2.24, 2.45) is 0 Å². The predicted molar refractivity (Wildman–Crippen MR) is 53.4 cm³/mol. The summed E-state index contributed by atoms with van der Waals surface area (Å²) in [6, 6.07) is 1.50. The first kappa shape index (κ1) is 10.0. The number of nitrogens with one attached hydrogen (secondary N) is 1. The summed E-state index contributed by atoms with van der Waals surface area (Å²) in [6.45, 7) is 6.92. The molecule has 0 aliphatic carbocycles. The SMILES string of the molecule is CCCC1C(CC)NCCN1C. The second kappa shape index (κ2) is 4.83. The normalized spacial score (nSPS) is 32.2. The minimum absolute atomic E-state index is 0.726. The Hall–Kier alpha value is -0.0800. The zero-order valence-corrected chi connectivity index (χ0v) is 8.64. The molecule has 0 bridgehead atoms. The molecule has 2 heteroatoms. The highest BCUT2D eigenvalue weighted by Gasteiger charge is 2.26. The lowest BCUT2D eigenvalue weighted by molar-refractivity contribution is 0.138. The van der Waals surface area contributed by atoms with Gasteiger partial charge in [-0.05, 0) is 19.9 Å². The van der Waals surface area contributed by atoms with Crippen molar-refractivity contribution in [1.29, 1.82) is 0 Å². The van der Waals surface area contributed by atoms with Gasteiger partial charge in [-0.2, -0.15) is 0 Å². The number of rotatable bonds is 3. The molecule has 2 unspecified atom stereocenters. The van der Waals surface area contributed by atoms with Gasteiger partial charge in [0.05, 0.1) is 0 Å². The van der Waals surface area contributed by atoms with Crippen LogP contribution < -0.4 is 5.32 Å². The van der Waals surface area contributed by atoms with Crippen molar-refractivity contribution < 1.29 is 0 Å². The summed E-state index contributed by atoms with van der Waals surface area (Å²) in [5.41, 5.74) is 0. The van der Waals surface area contributed by atoms with Crippen molar-refractivity contribution in [1.82, 2.24) is 10.2 Å². The van der Waals surface area contributed by atoms with Crippen LogP contribution in [0.15, 0.2) is 0 Å². The molecule has 1 aliphatic heterocycles. The van der Waals surface area contributed by atoms with Crippen molar-refractivity contribution >= 4 is 0 Å². The lowest BCUT2D eigenvalue weighted by Crippen LogP contribution is -2.56. The zero-order chi connectivity index (χ0) is 8.97. The molecular weight excluding hydrogens is 148 g/mol. The Morgan fingerprint density at radius 1 is 1.42 bits per heavy atom. The van der Waals surface area contributed by atoms with Gasteiger partial charge < -0.3 is 10.2 Å². The second-order valence-corrected chi connectivity index (χ2v) is 3.81. The molecular formula is C10H22N2. The van der Waals surface area contributed by atoms with E-state index in [0.29, 0.717) is 0 Å². The summed E-state index contributed by atoms with van der Waals surface area (Å²) in [4.78, 5) is 2.51. The second-order valence-electron chi connectivity index (χ2n) is 3.81. The molecule has 0 spiro atoms. The van der Waals surface area contributed by atoms with Gasteiger partial charge in [-0.15, -0.1) is 0 Å². The summed E-state index contributed by atoms with van der Waals surface area (Å²) in [6.07, 6.45) is 3.89. The van der Waals surface area contributed by atoms with Crippen LogP contribution in [0.4, 0.5) is 0 Å². The molecule has 0 aromatic heterocycles. The molecule has 2 nitrogen and oxygen atoms in total. The minimum Gasteiger partial charge on any atom is -0.311 e. The Kier molecular flexibility index (Phi) is 4.02. The van der Waals surface area contributed by atoms with E-state index in [9.17, 15) is 0 Å². The van der Waals surface area contributed by atoms with Crippen LogP contribution in [0.1, 0.15) is 33.1 Å². The monoisotopic (exact) mass is 170 g/mol. The first-order valence-electron chi connectivity index (χ1n) is 5.23. The number of hydrogen-bond acceptors (Lipinski definition) is 2. The van der Waals surface area contributed by atoms with Gasteiger partial charge in [0.2, 0.25) is 0 Å². The summed E-state index contributed by atoms with van der Waals surface area (Å²) in [7, 11) is 2.25. The standard InChI is InChI=1S/C10H22N2/c1-4-6-10-9(5-2)11-7-8-12(10)3/h9-11H,4-8H2,1-3H3. The van der Waals surface area contributed by atoms with E-state index in [-0.39, 0.29) is 0 Å². The van der Waals surface area contributed by atoms with Gasteiger partial charge in [0, 0.05) is 25.2 Å². The number of likely N-dealkylation sites (N-methyl/N-ethyl adjacent to an activating group) is 1. The van der Waals surface area contributed by atoms with Gasteiger partial charge in [0.15, 0.2) is 0 Å². The zero-order valence-electron chi connectivity index (χ0n) is 8.64. The first-order valence-corrected chi connectivity index (χ1v) is 5.23. The van der Waals surface area contributed by atoms with Gasteiger partial charge in [-0.3, -0.25) is 0 Å². The van der Waals surface area contributed by atoms with E-state index < -0.39 is 0 Å². The fourth-order valence-corrected chi connectivity index (χ4v) is 2.17. The van der Waals surface area contributed by atoms with Crippen LogP contribution in [0.2, 0.25) is 0 Å². The molecule has 0 saturated carbocycles. The van der Waals surface area contributed by atoms with Crippen molar-refractivity contribution in [2.75, 3.05) is 20.1 Å². The molecule has 1 rings (SSSR count). The third kappa shape index (κ3) is 2.20. The predicted octanol–water partition coefficient (Wildman–Crippen LogP) is 1.47. The number of piperazine rings is 1. The molecule has 0 aromatic carbocycles.